The Bertz CT molecular complexity index is 414. The first-order valence-electron chi connectivity index (χ1n) is 5.06. The van der Waals surface area contributed by atoms with E-state index in [1.165, 1.54) is 0 Å². The van der Waals surface area contributed by atoms with Crippen molar-refractivity contribution in [1.29, 1.82) is 5.26 Å². The van der Waals surface area contributed by atoms with Crippen LogP contribution in [0.1, 0.15) is 19.0 Å². The molecule has 1 heterocycles. The minimum Gasteiger partial charge on any atom is -0.370 e. The fourth-order valence-electron chi connectivity index (χ4n) is 1.16. The number of nitrogens with zero attached hydrogens (tertiary/aromatic N) is 2. The largest absolute Gasteiger partial charge is 0.370 e. The van der Waals surface area contributed by atoms with Crippen molar-refractivity contribution in [2.24, 2.45) is 0 Å². The molecule has 1 N–H and O–H groups in total. The van der Waals surface area contributed by atoms with Crippen LogP contribution >= 0.6 is 0 Å². The Hall–Kier alpha value is -1.41. The molecule has 86 valence electrons. The molecule has 2 atom stereocenters. The molecule has 0 amide bonds. The van der Waals surface area contributed by atoms with Gasteiger partial charge in [0.15, 0.2) is 0 Å². The molecule has 0 aliphatic heterocycles. The van der Waals surface area contributed by atoms with Crippen molar-refractivity contribution in [2.45, 2.75) is 18.6 Å². The summed E-state index contributed by atoms with van der Waals surface area (Å²) >= 11 is 0. The first kappa shape index (κ1) is 12.7. The van der Waals surface area contributed by atoms with E-state index in [1.807, 2.05) is 19.1 Å². The summed E-state index contributed by atoms with van der Waals surface area (Å²) in [4.78, 5) is 4.08. The molecule has 16 heavy (non-hydrogen) atoms. The molecular weight excluding hydrogens is 222 g/mol. The number of nitriles is 1. The van der Waals surface area contributed by atoms with Crippen molar-refractivity contribution >= 4 is 16.6 Å². The summed E-state index contributed by atoms with van der Waals surface area (Å²) in [7, 11) is -0.787. The van der Waals surface area contributed by atoms with Gasteiger partial charge in [-0.25, -0.2) is 4.98 Å². The fraction of sp³-hybridized carbons (Fsp3) is 0.455. The van der Waals surface area contributed by atoms with Gasteiger partial charge in [0.2, 0.25) is 0 Å². The van der Waals surface area contributed by atoms with E-state index in [2.05, 4.69) is 10.3 Å². The highest BCUT2D eigenvalue weighted by atomic mass is 32.2. The van der Waals surface area contributed by atoms with Gasteiger partial charge in [-0.15, -0.1) is 0 Å². The van der Waals surface area contributed by atoms with E-state index in [0.29, 0.717) is 18.1 Å². The van der Waals surface area contributed by atoms with Crippen LogP contribution in [0.5, 0.6) is 0 Å². The normalized spacial score (nSPS) is 13.8. The Morgan fingerprint density at radius 2 is 2.38 bits per heavy atom. The summed E-state index contributed by atoms with van der Waals surface area (Å²) in [6.45, 7) is 2.67. The number of hydrogen-bond donors (Lipinski definition) is 1. The Morgan fingerprint density at radius 3 is 3.00 bits per heavy atom. The molecule has 0 radical (unpaired) electrons. The summed E-state index contributed by atoms with van der Waals surface area (Å²) in [6.07, 6.45) is 2.53. The van der Waals surface area contributed by atoms with E-state index in [4.69, 9.17) is 5.26 Å². The van der Waals surface area contributed by atoms with Gasteiger partial charge in [-0.1, -0.05) is 13.0 Å². The molecular formula is C11H15N3OS. The van der Waals surface area contributed by atoms with Gasteiger partial charge in [0.1, 0.15) is 17.6 Å². The van der Waals surface area contributed by atoms with Crippen LogP contribution in [-0.4, -0.2) is 27.2 Å². The minimum atomic E-state index is -0.787. The van der Waals surface area contributed by atoms with Gasteiger partial charge < -0.3 is 5.32 Å². The smallest absolute Gasteiger partial charge is 0.142 e. The predicted molar refractivity (Wildman–Crippen MR) is 65.6 cm³/mol. The molecule has 5 heteroatoms. The number of anilines is 1. The Kier molecular flexibility index (Phi) is 4.93. The van der Waals surface area contributed by atoms with Crippen molar-refractivity contribution in [3.63, 3.8) is 0 Å². The van der Waals surface area contributed by atoms with Crippen molar-refractivity contribution in [1.82, 2.24) is 4.98 Å². The van der Waals surface area contributed by atoms with E-state index >= 15 is 0 Å². The van der Waals surface area contributed by atoms with Crippen LogP contribution < -0.4 is 5.32 Å². The molecule has 1 rings (SSSR count). The van der Waals surface area contributed by atoms with E-state index in [9.17, 15) is 4.21 Å². The van der Waals surface area contributed by atoms with E-state index in [1.54, 1.807) is 18.4 Å². The molecule has 1 aromatic rings. The van der Waals surface area contributed by atoms with Crippen molar-refractivity contribution in [3.05, 3.63) is 23.9 Å². The third-order valence-corrected chi connectivity index (χ3v) is 3.66. The second kappa shape index (κ2) is 6.23. The predicted octanol–water partition coefficient (Wildman–Crippen LogP) is 1.52. The third-order valence-electron chi connectivity index (χ3n) is 2.29. The number of nitrogens with one attached hydrogen (secondary N) is 1. The van der Waals surface area contributed by atoms with Crippen molar-refractivity contribution in [3.8, 4) is 6.07 Å². The van der Waals surface area contributed by atoms with Gasteiger partial charge in [0, 0.05) is 28.9 Å². The number of aromatic nitrogens is 1. The molecule has 0 fully saturated rings. The van der Waals surface area contributed by atoms with Crippen LogP contribution in [0, 0.1) is 11.3 Å². The van der Waals surface area contributed by atoms with Gasteiger partial charge in [-0.05, 0) is 18.6 Å². The lowest BCUT2D eigenvalue weighted by Gasteiger charge is -2.09. The Balaban J connectivity index is 2.43. The lowest BCUT2D eigenvalue weighted by Crippen LogP contribution is -2.15. The van der Waals surface area contributed by atoms with E-state index in [-0.39, 0.29) is 5.25 Å². The van der Waals surface area contributed by atoms with Gasteiger partial charge in [-0.3, -0.25) is 4.21 Å². The molecule has 2 unspecified atom stereocenters. The summed E-state index contributed by atoms with van der Waals surface area (Å²) in [5, 5.41) is 11.9. The van der Waals surface area contributed by atoms with E-state index < -0.39 is 10.8 Å². The van der Waals surface area contributed by atoms with Gasteiger partial charge in [-0.2, -0.15) is 5.26 Å². The third kappa shape index (κ3) is 3.99. The number of pyridine rings is 1. The second-order valence-electron chi connectivity index (χ2n) is 3.54. The van der Waals surface area contributed by atoms with Crippen LogP contribution in [0.2, 0.25) is 0 Å². The quantitative estimate of drug-likeness (QED) is 0.843. The van der Waals surface area contributed by atoms with Gasteiger partial charge >= 0.3 is 0 Å². The number of hydrogen-bond acceptors (Lipinski definition) is 4. The molecule has 0 aromatic carbocycles. The summed E-state index contributed by atoms with van der Waals surface area (Å²) in [5.74, 6) is 0.688. The molecule has 0 aliphatic rings. The zero-order valence-corrected chi connectivity index (χ0v) is 10.3. The van der Waals surface area contributed by atoms with Gasteiger partial charge in [0.25, 0.3) is 0 Å². The highest BCUT2D eigenvalue weighted by Crippen LogP contribution is 2.05. The zero-order valence-electron chi connectivity index (χ0n) is 9.43. The summed E-state index contributed by atoms with van der Waals surface area (Å²) < 4.78 is 11.1. The first-order chi connectivity index (χ1) is 7.63. The maximum Gasteiger partial charge on any atom is 0.142 e. The molecule has 0 saturated carbocycles. The van der Waals surface area contributed by atoms with Crippen LogP contribution in [0.25, 0.3) is 0 Å². The first-order valence-corrected chi connectivity index (χ1v) is 6.69. The van der Waals surface area contributed by atoms with Crippen LogP contribution in [0.3, 0.4) is 0 Å². The molecule has 0 saturated heterocycles. The second-order valence-corrected chi connectivity index (χ2v) is 5.35. The number of rotatable bonds is 5. The monoisotopic (exact) mass is 237 g/mol. The molecule has 0 bridgehead atoms. The van der Waals surface area contributed by atoms with E-state index in [0.717, 1.165) is 6.42 Å². The maximum atomic E-state index is 11.1. The Labute approximate surface area is 98.2 Å². The standard InChI is InChI=1S/C11H15N3OS/c1-9(16(2)15)6-7-13-11-5-3-4-10(8-12)14-11/h3-5,9H,6-7H2,1-2H3,(H,13,14). The SMILES string of the molecule is CC(CCNc1cccc(C#N)n1)S(C)=O. The van der Waals surface area contributed by atoms with Crippen molar-refractivity contribution in [2.75, 3.05) is 18.1 Å². The molecule has 1 aromatic heterocycles. The average Bonchev–Trinajstić information content (AvgIpc) is 2.29. The zero-order chi connectivity index (χ0) is 12.0. The van der Waals surface area contributed by atoms with Gasteiger partial charge in [0.05, 0.1) is 0 Å². The van der Waals surface area contributed by atoms with Crippen molar-refractivity contribution < 1.29 is 4.21 Å². The van der Waals surface area contributed by atoms with Crippen LogP contribution in [0.4, 0.5) is 5.82 Å². The molecule has 4 nitrogen and oxygen atoms in total. The van der Waals surface area contributed by atoms with Crippen LogP contribution in [0.15, 0.2) is 18.2 Å². The lowest BCUT2D eigenvalue weighted by molar-refractivity contribution is 0.672. The molecule has 0 spiro atoms. The van der Waals surface area contributed by atoms with Crippen LogP contribution in [-0.2, 0) is 10.8 Å². The lowest BCUT2D eigenvalue weighted by atomic mass is 10.3. The maximum absolute atomic E-state index is 11.1. The summed E-state index contributed by atoms with van der Waals surface area (Å²) in [6, 6.07) is 7.25. The average molecular weight is 237 g/mol. The fourth-order valence-corrected chi connectivity index (χ4v) is 1.61. The highest BCUT2D eigenvalue weighted by molar-refractivity contribution is 7.84. The summed E-state index contributed by atoms with van der Waals surface area (Å²) in [5.41, 5.74) is 0.400. The molecule has 0 aliphatic carbocycles. The Morgan fingerprint density at radius 1 is 1.62 bits per heavy atom. The minimum absolute atomic E-state index is 0.173. The highest BCUT2D eigenvalue weighted by Gasteiger charge is 2.05. The topological polar surface area (TPSA) is 65.8 Å².